The number of amides is 1. The number of aromatic nitrogens is 2. The number of rotatable bonds is 4. The van der Waals surface area contributed by atoms with Gasteiger partial charge in [0.1, 0.15) is 11.5 Å². The SMILES string of the molecule is O=C(OCCCF)N1CCC(c2ncc(C(F)(F)F)[nH]2)CC1. The summed E-state index contributed by atoms with van der Waals surface area (Å²) in [5.74, 6) is 0.142. The van der Waals surface area contributed by atoms with Gasteiger partial charge in [-0.2, -0.15) is 13.2 Å². The van der Waals surface area contributed by atoms with Gasteiger partial charge in [-0.15, -0.1) is 0 Å². The number of carbonyl (C=O) groups is 1. The van der Waals surface area contributed by atoms with Gasteiger partial charge in [-0.1, -0.05) is 0 Å². The number of carbonyl (C=O) groups excluding carboxylic acids is 1. The highest BCUT2D eigenvalue weighted by atomic mass is 19.4. The van der Waals surface area contributed by atoms with Crippen LogP contribution in [0.2, 0.25) is 0 Å². The van der Waals surface area contributed by atoms with Crippen LogP contribution >= 0.6 is 0 Å². The smallest absolute Gasteiger partial charge is 0.432 e. The Morgan fingerprint density at radius 2 is 2.09 bits per heavy atom. The quantitative estimate of drug-likeness (QED) is 0.684. The van der Waals surface area contributed by atoms with E-state index in [0.717, 1.165) is 6.20 Å². The van der Waals surface area contributed by atoms with Crippen molar-refractivity contribution in [1.82, 2.24) is 14.9 Å². The predicted molar refractivity (Wildman–Crippen MR) is 69.1 cm³/mol. The Morgan fingerprint density at radius 1 is 1.41 bits per heavy atom. The van der Waals surface area contributed by atoms with E-state index in [4.69, 9.17) is 4.74 Å². The van der Waals surface area contributed by atoms with Crippen LogP contribution in [0.3, 0.4) is 0 Å². The predicted octanol–water partition coefficient (Wildman–Crippen LogP) is 3.10. The molecule has 124 valence electrons. The first-order valence-electron chi connectivity index (χ1n) is 7.01. The fourth-order valence-corrected chi connectivity index (χ4v) is 2.33. The van der Waals surface area contributed by atoms with Crippen molar-refractivity contribution in [3.63, 3.8) is 0 Å². The van der Waals surface area contributed by atoms with Crippen LogP contribution in [0.25, 0.3) is 0 Å². The number of nitrogens with zero attached hydrogens (tertiary/aromatic N) is 2. The van der Waals surface area contributed by atoms with Crippen molar-refractivity contribution in [3.05, 3.63) is 17.7 Å². The number of hydrogen-bond donors (Lipinski definition) is 1. The second-order valence-corrected chi connectivity index (χ2v) is 5.10. The molecule has 2 heterocycles. The van der Waals surface area contributed by atoms with Gasteiger partial charge in [-0.3, -0.25) is 4.39 Å². The topological polar surface area (TPSA) is 58.2 Å². The molecular weight excluding hydrogens is 306 g/mol. The lowest BCUT2D eigenvalue weighted by Gasteiger charge is -2.30. The van der Waals surface area contributed by atoms with Gasteiger partial charge in [-0.05, 0) is 12.8 Å². The minimum absolute atomic E-state index is 0.0301. The third-order valence-corrected chi connectivity index (χ3v) is 3.54. The molecule has 0 radical (unpaired) electrons. The third-order valence-electron chi connectivity index (χ3n) is 3.54. The van der Waals surface area contributed by atoms with Crippen molar-refractivity contribution < 1.29 is 27.1 Å². The molecule has 0 unspecified atom stereocenters. The molecule has 1 N–H and O–H groups in total. The molecule has 0 spiro atoms. The van der Waals surface area contributed by atoms with E-state index in [1.807, 2.05) is 0 Å². The summed E-state index contributed by atoms with van der Waals surface area (Å²) in [6.45, 7) is 0.236. The molecule has 1 aliphatic heterocycles. The van der Waals surface area contributed by atoms with Crippen molar-refractivity contribution >= 4 is 6.09 Å². The normalized spacial score (nSPS) is 16.8. The largest absolute Gasteiger partial charge is 0.449 e. The number of ether oxygens (including phenoxy) is 1. The molecule has 0 bridgehead atoms. The number of hydrogen-bond acceptors (Lipinski definition) is 3. The molecule has 0 aliphatic carbocycles. The van der Waals surface area contributed by atoms with Gasteiger partial charge < -0.3 is 14.6 Å². The van der Waals surface area contributed by atoms with Crippen LogP contribution in [-0.4, -0.2) is 47.3 Å². The van der Waals surface area contributed by atoms with E-state index in [-0.39, 0.29) is 24.8 Å². The summed E-state index contributed by atoms with van der Waals surface area (Å²) in [5, 5.41) is 0. The Labute approximate surface area is 124 Å². The van der Waals surface area contributed by atoms with Gasteiger partial charge >= 0.3 is 12.3 Å². The Morgan fingerprint density at radius 3 is 2.64 bits per heavy atom. The molecule has 0 aromatic carbocycles. The Hall–Kier alpha value is -1.80. The number of piperidine rings is 1. The fraction of sp³-hybridized carbons (Fsp3) is 0.692. The van der Waals surface area contributed by atoms with E-state index in [2.05, 4.69) is 9.97 Å². The maximum atomic E-state index is 12.5. The molecule has 1 aromatic heterocycles. The number of nitrogens with one attached hydrogen (secondary N) is 1. The molecule has 1 aliphatic rings. The van der Waals surface area contributed by atoms with Crippen molar-refractivity contribution in [2.45, 2.75) is 31.4 Å². The second-order valence-electron chi connectivity index (χ2n) is 5.10. The summed E-state index contributed by atoms with van der Waals surface area (Å²) in [7, 11) is 0. The summed E-state index contributed by atoms with van der Waals surface area (Å²) in [4.78, 5) is 19.2. The highest BCUT2D eigenvalue weighted by molar-refractivity contribution is 5.67. The maximum absolute atomic E-state index is 12.5. The first-order valence-corrected chi connectivity index (χ1v) is 7.01. The summed E-state index contributed by atoms with van der Waals surface area (Å²) in [6.07, 6.45) is -3.00. The number of alkyl halides is 4. The van der Waals surface area contributed by atoms with Crippen LogP contribution < -0.4 is 0 Å². The van der Waals surface area contributed by atoms with E-state index in [0.29, 0.717) is 25.9 Å². The monoisotopic (exact) mass is 323 g/mol. The van der Waals surface area contributed by atoms with Gasteiger partial charge in [0.25, 0.3) is 0 Å². The third kappa shape index (κ3) is 4.11. The highest BCUT2D eigenvalue weighted by Crippen LogP contribution is 2.31. The van der Waals surface area contributed by atoms with Crippen LogP contribution in [0.4, 0.5) is 22.4 Å². The molecule has 9 heteroatoms. The number of halogens is 4. The van der Waals surface area contributed by atoms with E-state index in [1.54, 1.807) is 0 Å². The van der Waals surface area contributed by atoms with E-state index in [1.165, 1.54) is 4.90 Å². The summed E-state index contributed by atoms with van der Waals surface area (Å²) < 4.78 is 54.4. The molecule has 22 heavy (non-hydrogen) atoms. The molecule has 1 fully saturated rings. The fourth-order valence-electron chi connectivity index (χ4n) is 2.33. The number of H-pyrrole nitrogens is 1. The van der Waals surface area contributed by atoms with E-state index < -0.39 is 24.6 Å². The molecule has 2 rings (SSSR count). The Balaban J connectivity index is 1.84. The molecule has 0 saturated carbocycles. The number of likely N-dealkylation sites (tertiary alicyclic amines) is 1. The lowest BCUT2D eigenvalue weighted by molar-refractivity contribution is -0.141. The van der Waals surface area contributed by atoms with Crippen LogP contribution in [0, 0.1) is 0 Å². The average molecular weight is 323 g/mol. The van der Waals surface area contributed by atoms with Crippen LogP contribution in [0.15, 0.2) is 6.20 Å². The molecule has 1 saturated heterocycles. The molecular formula is C13H17F4N3O2. The maximum Gasteiger partial charge on any atom is 0.432 e. The van der Waals surface area contributed by atoms with E-state index >= 15 is 0 Å². The standard InChI is InChI=1S/C13H17F4N3O2/c14-4-1-7-22-12(21)20-5-2-9(3-6-20)11-18-8-10(19-11)13(15,16)17/h8-9H,1-7H2,(H,18,19). The lowest BCUT2D eigenvalue weighted by atomic mass is 9.96. The van der Waals surface area contributed by atoms with Gasteiger partial charge in [0, 0.05) is 25.4 Å². The van der Waals surface area contributed by atoms with Crippen LogP contribution in [-0.2, 0) is 10.9 Å². The zero-order valence-electron chi connectivity index (χ0n) is 11.8. The first-order chi connectivity index (χ1) is 10.4. The van der Waals surface area contributed by atoms with Crippen LogP contribution in [0.5, 0.6) is 0 Å². The summed E-state index contributed by atoms with van der Waals surface area (Å²) in [6, 6.07) is 0. The van der Waals surface area contributed by atoms with Crippen molar-refractivity contribution in [3.8, 4) is 0 Å². The molecule has 0 atom stereocenters. The van der Waals surface area contributed by atoms with Gasteiger partial charge in [-0.25, -0.2) is 9.78 Å². The van der Waals surface area contributed by atoms with Crippen molar-refractivity contribution in [1.29, 1.82) is 0 Å². The zero-order chi connectivity index (χ0) is 16.2. The molecule has 5 nitrogen and oxygen atoms in total. The molecule has 1 amide bonds. The zero-order valence-corrected chi connectivity index (χ0v) is 11.8. The Bertz CT molecular complexity index is 496. The van der Waals surface area contributed by atoms with E-state index in [9.17, 15) is 22.4 Å². The summed E-state index contributed by atoms with van der Waals surface area (Å²) >= 11 is 0. The minimum Gasteiger partial charge on any atom is -0.449 e. The lowest BCUT2D eigenvalue weighted by Crippen LogP contribution is -2.38. The highest BCUT2D eigenvalue weighted by Gasteiger charge is 2.34. The van der Waals surface area contributed by atoms with Gasteiger partial charge in [0.2, 0.25) is 0 Å². The van der Waals surface area contributed by atoms with Gasteiger partial charge in [0.05, 0.1) is 19.5 Å². The van der Waals surface area contributed by atoms with Gasteiger partial charge in [0.15, 0.2) is 0 Å². The van der Waals surface area contributed by atoms with Crippen molar-refractivity contribution in [2.24, 2.45) is 0 Å². The number of aromatic amines is 1. The Kier molecular flexibility index (Phi) is 5.25. The first kappa shape index (κ1) is 16.6. The number of imidazole rings is 1. The second kappa shape index (κ2) is 6.97. The average Bonchev–Trinajstić information content (AvgIpc) is 2.97. The summed E-state index contributed by atoms with van der Waals surface area (Å²) in [5.41, 5.74) is -0.865. The van der Waals surface area contributed by atoms with Crippen molar-refractivity contribution in [2.75, 3.05) is 26.4 Å². The van der Waals surface area contributed by atoms with Crippen LogP contribution in [0.1, 0.15) is 36.7 Å². The minimum atomic E-state index is -4.44. The molecule has 1 aromatic rings.